The standard InChI is InChI=1S/C10H18N4/c1-4-13-6-5-10-9(7-13)11-12-14(10)8(2)3/h8H,4-7H2,1-3H3. The first kappa shape index (κ1) is 9.65. The molecule has 1 aromatic heterocycles. The summed E-state index contributed by atoms with van der Waals surface area (Å²) in [6.45, 7) is 9.72. The molecule has 0 aromatic carbocycles. The van der Waals surface area contributed by atoms with Crippen LogP contribution >= 0.6 is 0 Å². The fourth-order valence-electron chi connectivity index (χ4n) is 1.97. The Hall–Kier alpha value is -0.900. The Bertz CT molecular complexity index is 316. The van der Waals surface area contributed by atoms with E-state index < -0.39 is 0 Å². The lowest BCUT2D eigenvalue weighted by atomic mass is 10.1. The summed E-state index contributed by atoms with van der Waals surface area (Å²) in [5.41, 5.74) is 2.51. The smallest absolute Gasteiger partial charge is 0.0999 e. The predicted molar refractivity (Wildman–Crippen MR) is 55.1 cm³/mol. The van der Waals surface area contributed by atoms with E-state index in [1.54, 1.807) is 0 Å². The van der Waals surface area contributed by atoms with Crippen molar-refractivity contribution in [2.75, 3.05) is 13.1 Å². The molecule has 0 saturated carbocycles. The summed E-state index contributed by atoms with van der Waals surface area (Å²) in [7, 11) is 0. The minimum Gasteiger partial charge on any atom is -0.297 e. The van der Waals surface area contributed by atoms with Gasteiger partial charge in [-0.3, -0.25) is 4.90 Å². The first-order valence-electron chi connectivity index (χ1n) is 5.37. The normalized spacial score (nSPS) is 17.4. The van der Waals surface area contributed by atoms with Crippen molar-refractivity contribution in [1.29, 1.82) is 0 Å². The fourth-order valence-corrected chi connectivity index (χ4v) is 1.97. The molecule has 2 rings (SSSR count). The topological polar surface area (TPSA) is 34.0 Å². The summed E-state index contributed by atoms with van der Waals surface area (Å²) in [6, 6.07) is 0.430. The van der Waals surface area contributed by atoms with Crippen LogP contribution in [0, 0.1) is 0 Å². The predicted octanol–water partition coefficient (Wildman–Crippen LogP) is 1.24. The highest BCUT2D eigenvalue weighted by atomic mass is 15.4. The van der Waals surface area contributed by atoms with Gasteiger partial charge in [-0.15, -0.1) is 5.10 Å². The van der Waals surface area contributed by atoms with Gasteiger partial charge in [0.15, 0.2) is 0 Å². The summed E-state index contributed by atoms with van der Waals surface area (Å²) < 4.78 is 2.06. The van der Waals surface area contributed by atoms with Crippen LogP contribution in [0.4, 0.5) is 0 Å². The van der Waals surface area contributed by atoms with Crippen LogP contribution < -0.4 is 0 Å². The molecule has 0 unspecified atom stereocenters. The van der Waals surface area contributed by atoms with Crippen molar-refractivity contribution in [3.63, 3.8) is 0 Å². The van der Waals surface area contributed by atoms with Crippen LogP contribution in [0.1, 0.15) is 38.2 Å². The van der Waals surface area contributed by atoms with Gasteiger partial charge in [-0.25, -0.2) is 4.68 Å². The highest BCUT2D eigenvalue weighted by Crippen LogP contribution is 2.18. The van der Waals surface area contributed by atoms with E-state index in [0.717, 1.165) is 26.1 Å². The van der Waals surface area contributed by atoms with E-state index in [4.69, 9.17) is 0 Å². The molecule has 0 amide bonds. The number of nitrogens with zero attached hydrogens (tertiary/aromatic N) is 4. The molecule has 0 bridgehead atoms. The quantitative estimate of drug-likeness (QED) is 0.710. The van der Waals surface area contributed by atoms with Crippen molar-refractivity contribution < 1.29 is 0 Å². The van der Waals surface area contributed by atoms with Gasteiger partial charge < -0.3 is 0 Å². The number of likely N-dealkylation sites (N-methyl/N-ethyl adjacent to an activating group) is 1. The third-order valence-electron chi connectivity index (χ3n) is 2.85. The second kappa shape index (κ2) is 3.69. The molecule has 0 aliphatic carbocycles. The number of hydrogen-bond acceptors (Lipinski definition) is 3. The van der Waals surface area contributed by atoms with Gasteiger partial charge >= 0.3 is 0 Å². The molecule has 1 aromatic rings. The molecule has 0 radical (unpaired) electrons. The number of hydrogen-bond donors (Lipinski definition) is 0. The molecule has 78 valence electrons. The summed E-state index contributed by atoms with van der Waals surface area (Å²) in [5.74, 6) is 0. The number of fused-ring (bicyclic) bond motifs is 1. The van der Waals surface area contributed by atoms with Crippen LogP contribution in [-0.2, 0) is 13.0 Å². The maximum absolute atomic E-state index is 4.25. The highest BCUT2D eigenvalue weighted by molar-refractivity contribution is 5.14. The molecule has 4 heteroatoms. The molecular formula is C10H18N4. The fraction of sp³-hybridized carbons (Fsp3) is 0.800. The Labute approximate surface area is 84.9 Å². The minimum atomic E-state index is 0.430. The van der Waals surface area contributed by atoms with Gasteiger partial charge in [0.25, 0.3) is 0 Å². The van der Waals surface area contributed by atoms with Crippen LogP contribution in [0.15, 0.2) is 0 Å². The molecule has 2 heterocycles. The maximum Gasteiger partial charge on any atom is 0.0999 e. The summed E-state index contributed by atoms with van der Waals surface area (Å²) in [5, 5.41) is 8.45. The molecule has 0 N–H and O–H groups in total. The molecule has 0 fully saturated rings. The van der Waals surface area contributed by atoms with Crippen LogP contribution in [0.5, 0.6) is 0 Å². The van der Waals surface area contributed by atoms with E-state index >= 15 is 0 Å². The van der Waals surface area contributed by atoms with E-state index in [2.05, 4.69) is 40.7 Å². The summed E-state index contributed by atoms with van der Waals surface area (Å²) in [4.78, 5) is 2.40. The molecule has 4 nitrogen and oxygen atoms in total. The monoisotopic (exact) mass is 194 g/mol. The second-order valence-corrected chi connectivity index (χ2v) is 4.14. The number of aromatic nitrogens is 3. The largest absolute Gasteiger partial charge is 0.297 e. The number of rotatable bonds is 2. The SMILES string of the molecule is CCN1CCc2c(nnn2C(C)C)C1. The Morgan fingerprint density at radius 2 is 2.21 bits per heavy atom. The van der Waals surface area contributed by atoms with E-state index in [1.807, 2.05) is 0 Å². The van der Waals surface area contributed by atoms with Crippen molar-refractivity contribution in [2.24, 2.45) is 0 Å². The average Bonchev–Trinajstić information content (AvgIpc) is 2.59. The lowest BCUT2D eigenvalue weighted by Gasteiger charge is -2.25. The van der Waals surface area contributed by atoms with Gasteiger partial charge in [0, 0.05) is 25.6 Å². The van der Waals surface area contributed by atoms with Crippen molar-refractivity contribution in [3.05, 3.63) is 11.4 Å². The van der Waals surface area contributed by atoms with Crippen LogP contribution in [0.25, 0.3) is 0 Å². The minimum absolute atomic E-state index is 0.430. The van der Waals surface area contributed by atoms with Gasteiger partial charge in [0.1, 0.15) is 0 Å². The van der Waals surface area contributed by atoms with Crippen LogP contribution in [0.3, 0.4) is 0 Å². The van der Waals surface area contributed by atoms with Gasteiger partial charge in [-0.1, -0.05) is 12.1 Å². The van der Waals surface area contributed by atoms with Crippen LogP contribution in [0.2, 0.25) is 0 Å². The Kier molecular flexibility index (Phi) is 2.54. The molecule has 0 saturated heterocycles. The molecule has 1 aliphatic rings. The van der Waals surface area contributed by atoms with Crippen molar-refractivity contribution in [2.45, 2.75) is 39.8 Å². The molecule has 0 spiro atoms. The summed E-state index contributed by atoms with van der Waals surface area (Å²) >= 11 is 0. The van der Waals surface area contributed by atoms with E-state index in [9.17, 15) is 0 Å². The zero-order valence-electron chi connectivity index (χ0n) is 9.19. The van der Waals surface area contributed by atoms with Gasteiger partial charge in [0.2, 0.25) is 0 Å². The average molecular weight is 194 g/mol. The molecular weight excluding hydrogens is 176 g/mol. The second-order valence-electron chi connectivity index (χ2n) is 4.14. The van der Waals surface area contributed by atoms with Crippen molar-refractivity contribution in [1.82, 2.24) is 19.9 Å². The van der Waals surface area contributed by atoms with Crippen molar-refractivity contribution in [3.8, 4) is 0 Å². The zero-order valence-corrected chi connectivity index (χ0v) is 9.19. The molecule has 0 atom stereocenters. The van der Waals surface area contributed by atoms with Crippen LogP contribution in [-0.4, -0.2) is 33.0 Å². The van der Waals surface area contributed by atoms with Gasteiger partial charge in [-0.2, -0.15) is 0 Å². The Morgan fingerprint density at radius 3 is 2.86 bits per heavy atom. The first-order valence-corrected chi connectivity index (χ1v) is 5.37. The molecule has 1 aliphatic heterocycles. The zero-order chi connectivity index (χ0) is 10.1. The third-order valence-corrected chi connectivity index (χ3v) is 2.85. The lowest BCUT2D eigenvalue weighted by Crippen LogP contribution is -2.31. The first-order chi connectivity index (χ1) is 6.72. The summed E-state index contributed by atoms with van der Waals surface area (Å²) in [6.07, 6.45) is 1.09. The highest BCUT2D eigenvalue weighted by Gasteiger charge is 2.21. The lowest BCUT2D eigenvalue weighted by molar-refractivity contribution is 0.260. The van der Waals surface area contributed by atoms with Crippen molar-refractivity contribution >= 4 is 0 Å². The van der Waals surface area contributed by atoms with Gasteiger partial charge in [0.05, 0.1) is 11.4 Å². The van der Waals surface area contributed by atoms with E-state index in [-0.39, 0.29) is 0 Å². The van der Waals surface area contributed by atoms with Gasteiger partial charge in [-0.05, 0) is 20.4 Å². The Morgan fingerprint density at radius 1 is 1.43 bits per heavy atom. The molecule has 14 heavy (non-hydrogen) atoms. The van der Waals surface area contributed by atoms with E-state index in [1.165, 1.54) is 11.4 Å². The Balaban J connectivity index is 2.25. The third kappa shape index (κ3) is 1.54. The van der Waals surface area contributed by atoms with E-state index in [0.29, 0.717) is 6.04 Å². The maximum atomic E-state index is 4.25.